The highest BCUT2D eigenvalue weighted by Gasteiger charge is 2.35. The van der Waals surface area contributed by atoms with Crippen LogP contribution in [0.15, 0.2) is 0 Å². The van der Waals surface area contributed by atoms with Crippen molar-refractivity contribution in [3.05, 3.63) is 0 Å². The molecule has 0 amide bonds. The fraction of sp³-hybridized carbons (Fsp3) is 1.00. The molecule has 0 aliphatic heterocycles. The zero-order chi connectivity index (χ0) is 11.5. The molecule has 0 heterocycles. The average Bonchev–Trinajstić information content (AvgIpc) is 2.21. The summed E-state index contributed by atoms with van der Waals surface area (Å²) < 4.78 is 6.29. The van der Waals surface area contributed by atoms with Crippen LogP contribution >= 0.6 is 15.9 Å². The lowest BCUT2D eigenvalue weighted by molar-refractivity contribution is -0.111. The summed E-state index contributed by atoms with van der Waals surface area (Å²) in [5.41, 5.74) is 0.121. The Balaban J connectivity index is 2.53. The van der Waals surface area contributed by atoms with Crippen molar-refractivity contribution in [3.63, 3.8) is 0 Å². The first kappa shape index (κ1) is 13.5. The Labute approximate surface area is 103 Å². The van der Waals surface area contributed by atoms with Gasteiger partial charge in [0.1, 0.15) is 0 Å². The van der Waals surface area contributed by atoms with Gasteiger partial charge in [-0.2, -0.15) is 0 Å². The highest BCUT2D eigenvalue weighted by atomic mass is 79.9. The van der Waals surface area contributed by atoms with E-state index in [1.54, 1.807) is 0 Å². The third-order valence-electron chi connectivity index (χ3n) is 3.80. The van der Waals surface area contributed by atoms with Crippen LogP contribution in [0.4, 0.5) is 0 Å². The van der Waals surface area contributed by atoms with Crippen molar-refractivity contribution in [1.82, 2.24) is 0 Å². The number of halogens is 1. The van der Waals surface area contributed by atoms with E-state index >= 15 is 0 Å². The normalized spacial score (nSPS) is 34.4. The monoisotopic (exact) mass is 276 g/mol. The van der Waals surface area contributed by atoms with E-state index in [1.165, 1.54) is 25.7 Å². The van der Waals surface area contributed by atoms with Crippen molar-refractivity contribution in [2.45, 2.75) is 65.1 Å². The molecule has 2 heteroatoms. The zero-order valence-electron chi connectivity index (χ0n) is 10.6. The van der Waals surface area contributed by atoms with E-state index in [2.05, 4.69) is 43.6 Å². The van der Waals surface area contributed by atoms with Crippen LogP contribution in [0.5, 0.6) is 0 Å². The fourth-order valence-electron chi connectivity index (χ4n) is 2.10. The maximum atomic E-state index is 6.29. The lowest BCUT2D eigenvalue weighted by Crippen LogP contribution is -2.42. The smallest absolute Gasteiger partial charge is 0.0782 e. The molecule has 1 saturated carbocycles. The van der Waals surface area contributed by atoms with Crippen molar-refractivity contribution >= 4 is 15.9 Å². The van der Waals surface area contributed by atoms with Gasteiger partial charge in [0.05, 0.1) is 11.7 Å². The van der Waals surface area contributed by atoms with Gasteiger partial charge in [0, 0.05) is 5.33 Å². The molecule has 0 saturated heterocycles. The SMILES string of the molecule is CC1CCC(CBr)(OC(C)C(C)C)CC1. The van der Waals surface area contributed by atoms with Gasteiger partial charge in [0.2, 0.25) is 0 Å². The highest BCUT2D eigenvalue weighted by Crippen LogP contribution is 2.37. The molecule has 1 aliphatic carbocycles. The second-order valence-corrected chi connectivity index (χ2v) is 6.13. The lowest BCUT2D eigenvalue weighted by Gasteiger charge is -2.41. The summed E-state index contributed by atoms with van der Waals surface area (Å²) in [4.78, 5) is 0. The molecule has 1 rings (SSSR count). The summed E-state index contributed by atoms with van der Waals surface area (Å²) in [5.74, 6) is 1.50. The van der Waals surface area contributed by atoms with E-state index in [0.717, 1.165) is 11.2 Å². The number of rotatable bonds is 4. The van der Waals surface area contributed by atoms with Crippen molar-refractivity contribution in [3.8, 4) is 0 Å². The van der Waals surface area contributed by atoms with Crippen LogP contribution in [0, 0.1) is 11.8 Å². The summed E-state index contributed by atoms with van der Waals surface area (Å²) in [6.07, 6.45) is 5.44. The minimum Gasteiger partial charge on any atom is -0.371 e. The lowest BCUT2D eigenvalue weighted by atomic mass is 9.80. The van der Waals surface area contributed by atoms with Gasteiger partial charge >= 0.3 is 0 Å². The molecular formula is C13H25BrO. The zero-order valence-corrected chi connectivity index (χ0v) is 12.1. The van der Waals surface area contributed by atoms with Gasteiger partial charge in [0.15, 0.2) is 0 Å². The molecule has 0 aromatic carbocycles. The van der Waals surface area contributed by atoms with Gasteiger partial charge < -0.3 is 4.74 Å². The van der Waals surface area contributed by atoms with Gasteiger partial charge in [-0.25, -0.2) is 0 Å². The van der Waals surface area contributed by atoms with Crippen molar-refractivity contribution in [1.29, 1.82) is 0 Å². The van der Waals surface area contributed by atoms with Crippen molar-refractivity contribution in [2.75, 3.05) is 5.33 Å². The van der Waals surface area contributed by atoms with Crippen LogP contribution in [0.25, 0.3) is 0 Å². The van der Waals surface area contributed by atoms with Gasteiger partial charge in [-0.3, -0.25) is 0 Å². The average molecular weight is 277 g/mol. The molecule has 0 aromatic heterocycles. The van der Waals surface area contributed by atoms with Gasteiger partial charge in [-0.1, -0.05) is 36.7 Å². The van der Waals surface area contributed by atoms with E-state index < -0.39 is 0 Å². The van der Waals surface area contributed by atoms with E-state index in [4.69, 9.17) is 4.74 Å². The largest absolute Gasteiger partial charge is 0.371 e. The van der Waals surface area contributed by atoms with Gasteiger partial charge in [0.25, 0.3) is 0 Å². The second-order valence-electron chi connectivity index (χ2n) is 5.57. The molecule has 0 spiro atoms. The molecular weight excluding hydrogens is 252 g/mol. The molecule has 15 heavy (non-hydrogen) atoms. The summed E-state index contributed by atoms with van der Waals surface area (Å²) in [6, 6.07) is 0. The highest BCUT2D eigenvalue weighted by molar-refractivity contribution is 9.09. The standard InChI is InChI=1S/C13H25BrO/c1-10(2)12(4)15-13(9-14)7-5-11(3)6-8-13/h10-12H,5-9H2,1-4H3. The first-order valence-corrected chi connectivity index (χ1v) is 7.35. The van der Waals surface area contributed by atoms with E-state index in [0.29, 0.717) is 12.0 Å². The number of ether oxygens (including phenoxy) is 1. The molecule has 0 bridgehead atoms. The topological polar surface area (TPSA) is 9.23 Å². The first-order valence-electron chi connectivity index (χ1n) is 6.23. The van der Waals surface area contributed by atoms with E-state index in [1.807, 2.05) is 0 Å². The Hall–Kier alpha value is 0.440. The Bertz CT molecular complexity index is 183. The Morgan fingerprint density at radius 3 is 2.20 bits per heavy atom. The fourth-order valence-corrected chi connectivity index (χ4v) is 2.79. The summed E-state index contributed by atoms with van der Waals surface area (Å²) >= 11 is 3.64. The Kier molecular flexibility index (Phi) is 5.11. The van der Waals surface area contributed by atoms with Crippen LogP contribution in [0.3, 0.4) is 0 Å². The maximum Gasteiger partial charge on any atom is 0.0782 e. The van der Waals surface area contributed by atoms with Gasteiger partial charge in [-0.15, -0.1) is 0 Å². The minimum absolute atomic E-state index is 0.121. The molecule has 90 valence electrons. The predicted molar refractivity (Wildman–Crippen MR) is 69.5 cm³/mol. The first-order chi connectivity index (χ1) is 6.99. The minimum atomic E-state index is 0.121. The second kappa shape index (κ2) is 5.67. The molecule has 0 N–H and O–H groups in total. The van der Waals surface area contributed by atoms with Crippen molar-refractivity contribution < 1.29 is 4.74 Å². The van der Waals surface area contributed by atoms with Crippen LogP contribution in [0.1, 0.15) is 53.4 Å². The molecule has 1 atom stereocenters. The third kappa shape index (κ3) is 3.74. The summed E-state index contributed by atoms with van der Waals surface area (Å²) in [7, 11) is 0. The quantitative estimate of drug-likeness (QED) is 0.692. The summed E-state index contributed by atoms with van der Waals surface area (Å²) in [6.45, 7) is 9.02. The van der Waals surface area contributed by atoms with Crippen LogP contribution < -0.4 is 0 Å². The molecule has 1 aliphatic rings. The van der Waals surface area contributed by atoms with Crippen LogP contribution in [-0.4, -0.2) is 17.0 Å². The maximum absolute atomic E-state index is 6.29. The van der Waals surface area contributed by atoms with Crippen LogP contribution in [0.2, 0.25) is 0 Å². The van der Waals surface area contributed by atoms with Crippen LogP contribution in [-0.2, 0) is 4.74 Å². The Morgan fingerprint density at radius 2 is 1.80 bits per heavy atom. The third-order valence-corrected chi connectivity index (χ3v) is 4.83. The van der Waals surface area contributed by atoms with E-state index in [9.17, 15) is 0 Å². The van der Waals surface area contributed by atoms with Gasteiger partial charge in [-0.05, 0) is 44.4 Å². The molecule has 1 nitrogen and oxygen atoms in total. The molecule has 1 unspecified atom stereocenters. The summed E-state index contributed by atoms with van der Waals surface area (Å²) in [5, 5.41) is 0.990. The van der Waals surface area contributed by atoms with E-state index in [-0.39, 0.29) is 5.60 Å². The number of hydrogen-bond donors (Lipinski definition) is 0. The molecule has 1 fully saturated rings. The molecule has 0 radical (unpaired) electrons. The number of hydrogen-bond acceptors (Lipinski definition) is 1. The van der Waals surface area contributed by atoms with Crippen molar-refractivity contribution in [2.24, 2.45) is 11.8 Å². The predicted octanol–water partition coefficient (Wildman–Crippen LogP) is 4.39. The molecule has 0 aromatic rings. The number of alkyl halides is 1. The Morgan fingerprint density at radius 1 is 1.27 bits per heavy atom.